The molecule has 0 spiro atoms. The molecule has 3 rings (SSSR count). The van der Waals surface area contributed by atoms with Gasteiger partial charge in [0.25, 0.3) is 0 Å². The van der Waals surface area contributed by atoms with E-state index in [1.54, 1.807) is 18.3 Å². The average molecular weight is 425 g/mol. The van der Waals surface area contributed by atoms with E-state index in [0.717, 1.165) is 12.0 Å². The maximum atomic E-state index is 13.9. The first kappa shape index (κ1) is 22.5. The van der Waals surface area contributed by atoms with Gasteiger partial charge in [0.1, 0.15) is 0 Å². The number of aromatic nitrogens is 1. The Morgan fingerprint density at radius 3 is 2.55 bits per heavy atom. The SMILES string of the molecule is COc1ccc([C@@H](C)NC(=O)CCc2ncc(-c3ccc(CC(C)C)cc3)o2)cc1F. The number of carbonyl (C=O) groups is 1. The molecule has 1 amide bonds. The summed E-state index contributed by atoms with van der Waals surface area (Å²) in [7, 11) is 1.42. The number of rotatable bonds is 9. The fourth-order valence-electron chi connectivity index (χ4n) is 3.41. The van der Waals surface area contributed by atoms with Gasteiger partial charge in [-0.05, 0) is 42.5 Å². The molecule has 31 heavy (non-hydrogen) atoms. The van der Waals surface area contributed by atoms with Crippen molar-refractivity contribution < 1.29 is 18.3 Å². The Morgan fingerprint density at radius 1 is 1.16 bits per heavy atom. The van der Waals surface area contributed by atoms with Crippen molar-refractivity contribution >= 4 is 5.91 Å². The van der Waals surface area contributed by atoms with E-state index in [4.69, 9.17) is 9.15 Å². The number of ether oxygens (including phenoxy) is 1. The van der Waals surface area contributed by atoms with E-state index in [-0.39, 0.29) is 24.1 Å². The number of benzene rings is 2. The molecule has 164 valence electrons. The van der Waals surface area contributed by atoms with Gasteiger partial charge in [0.05, 0.1) is 19.3 Å². The van der Waals surface area contributed by atoms with Crippen LogP contribution in [0.4, 0.5) is 4.39 Å². The van der Waals surface area contributed by atoms with Gasteiger partial charge in [-0.25, -0.2) is 9.37 Å². The molecule has 1 N–H and O–H groups in total. The fraction of sp³-hybridized carbons (Fsp3) is 0.360. The Bertz CT molecular complexity index is 1010. The Kier molecular flexibility index (Phi) is 7.45. The van der Waals surface area contributed by atoms with Gasteiger partial charge in [0.15, 0.2) is 23.2 Å². The molecule has 0 unspecified atom stereocenters. The predicted octanol–water partition coefficient (Wildman–Crippen LogP) is 5.50. The van der Waals surface area contributed by atoms with Crippen molar-refractivity contribution in [2.75, 3.05) is 7.11 Å². The first-order valence-corrected chi connectivity index (χ1v) is 10.5. The number of carbonyl (C=O) groups excluding carboxylic acids is 1. The molecule has 0 bridgehead atoms. The molecule has 0 saturated carbocycles. The summed E-state index contributed by atoms with van der Waals surface area (Å²) in [5.74, 6) is 1.39. The van der Waals surface area contributed by atoms with E-state index in [9.17, 15) is 9.18 Å². The van der Waals surface area contributed by atoms with Crippen LogP contribution in [0.15, 0.2) is 53.1 Å². The van der Waals surface area contributed by atoms with Gasteiger partial charge >= 0.3 is 0 Å². The van der Waals surface area contributed by atoms with E-state index in [1.807, 2.05) is 19.1 Å². The van der Waals surface area contributed by atoms with Crippen molar-refractivity contribution in [3.63, 3.8) is 0 Å². The number of hydrogen-bond acceptors (Lipinski definition) is 4. The molecule has 0 radical (unpaired) electrons. The molecule has 0 fully saturated rings. The van der Waals surface area contributed by atoms with Crippen LogP contribution in [-0.4, -0.2) is 18.0 Å². The van der Waals surface area contributed by atoms with Gasteiger partial charge in [-0.1, -0.05) is 44.2 Å². The third-order valence-corrected chi connectivity index (χ3v) is 5.06. The fourth-order valence-corrected chi connectivity index (χ4v) is 3.41. The molecule has 3 aromatic rings. The summed E-state index contributed by atoms with van der Waals surface area (Å²) in [6.45, 7) is 6.21. The third kappa shape index (κ3) is 6.17. The average Bonchev–Trinajstić information content (AvgIpc) is 3.21. The second-order valence-corrected chi connectivity index (χ2v) is 8.10. The molecule has 0 saturated heterocycles. The second-order valence-electron chi connectivity index (χ2n) is 8.10. The van der Waals surface area contributed by atoms with Gasteiger partial charge in [-0.3, -0.25) is 4.79 Å². The number of methoxy groups -OCH3 is 1. The van der Waals surface area contributed by atoms with Crippen LogP contribution in [0.3, 0.4) is 0 Å². The molecule has 6 heteroatoms. The summed E-state index contributed by atoms with van der Waals surface area (Å²) in [6.07, 6.45) is 3.35. The Morgan fingerprint density at radius 2 is 1.90 bits per heavy atom. The summed E-state index contributed by atoms with van der Waals surface area (Å²) in [4.78, 5) is 16.6. The topological polar surface area (TPSA) is 64.4 Å². The Labute approximate surface area is 182 Å². The summed E-state index contributed by atoms with van der Waals surface area (Å²) in [5, 5.41) is 2.88. The highest BCUT2D eigenvalue weighted by Gasteiger charge is 2.14. The van der Waals surface area contributed by atoms with Gasteiger partial charge in [0.2, 0.25) is 5.91 Å². The van der Waals surface area contributed by atoms with Crippen LogP contribution in [-0.2, 0) is 17.6 Å². The van der Waals surface area contributed by atoms with Crippen molar-refractivity contribution in [1.82, 2.24) is 10.3 Å². The van der Waals surface area contributed by atoms with E-state index in [1.165, 1.54) is 18.7 Å². The Balaban J connectivity index is 1.53. The molecule has 0 aliphatic carbocycles. The summed E-state index contributed by atoms with van der Waals surface area (Å²) in [5.41, 5.74) is 2.93. The van der Waals surface area contributed by atoms with Crippen LogP contribution in [0, 0.1) is 11.7 Å². The predicted molar refractivity (Wildman–Crippen MR) is 118 cm³/mol. The zero-order valence-corrected chi connectivity index (χ0v) is 18.4. The Hall–Kier alpha value is -3.15. The maximum absolute atomic E-state index is 13.9. The largest absolute Gasteiger partial charge is 0.494 e. The first-order chi connectivity index (χ1) is 14.9. The number of oxazole rings is 1. The van der Waals surface area contributed by atoms with Gasteiger partial charge in [-0.2, -0.15) is 0 Å². The highest BCUT2D eigenvalue weighted by Crippen LogP contribution is 2.23. The lowest BCUT2D eigenvalue weighted by Crippen LogP contribution is -2.26. The number of amides is 1. The maximum Gasteiger partial charge on any atom is 0.220 e. The molecular formula is C25H29FN2O3. The minimum absolute atomic E-state index is 0.151. The smallest absolute Gasteiger partial charge is 0.220 e. The van der Waals surface area contributed by atoms with Crippen molar-refractivity contribution in [1.29, 1.82) is 0 Å². The van der Waals surface area contributed by atoms with E-state index in [0.29, 0.717) is 29.6 Å². The number of aryl methyl sites for hydroxylation is 1. The minimum atomic E-state index is -0.453. The molecule has 0 aliphatic heterocycles. The molecule has 5 nitrogen and oxygen atoms in total. The normalized spacial score (nSPS) is 12.1. The lowest BCUT2D eigenvalue weighted by Gasteiger charge is -2.15. The number of hydrogen-bond donors (Lipinski definition) is 1. The number of halogens is 1. The summed E-state index contributed by atoms with van der Waals surface area (Å²) >= 11 is 0. The monoisotopic (exact) mass is 424 g/mol. The van der Waals surface area contributed by atoms with Crippen molar-refractivity contribution in [2.24, 2.45) is 5.92 Å². The molecule has 2 aromatic carbocycles. The quantitative estimate of drug-likeness (QED) is 0.493. The molecule has 1 aromatic heterocycles. The van der Waals surface area contributed by atoms with E-state index < -0.39 is 5.82 Å². The highest BCUT2D eigenvalue weighted by atomic mass is 19.1. The number of nitrogens with zero attached hydrogens (tertiary/aromatic N) is 1. The highest BCUT2D eigenvalue weighted by molar-refractivity contribution is 5.76. The lowest BCUT2D eigenvalue weighted by atomic mass is 10.0. The zero-order valence-electron chi connectivity index (χ0n) is 18.4. The molecule has 1 atom stereocenters. The van der Waals surface area contributed by atoms with Crippen molar-refractivity contribution in [3.05, 3.63) is 71.5 Å². The lowest BCUT2D eigenvalue weighted by molar-refractivity contribution is -0.121. The standard InChI is InChI=1S/C25H29FN2O3/c1-16(2)13-18-5-7-19(8-6-18)23-15-27-25(31-23)12-11-24(29)28-17(3)20-9-10-22(30-4)21(26)14-20/h5-10,14-17H,11-13H2,1-4H3,(H,28,29)/t17-/m1/s1. The molecule has 0 aliphatic rings. The van der Waals surface area contributed by atoms with Gasteiger partial charge in [-0.15, -0.1) is 0 Å². The van der Waals surface area contributed by atoms with Crippen LogP contribution in [0.2, 0.25) is 0 Å². The minimum Gasteiger partial charge on any atom is -0.494 e. The van der Waals surface area contributed by atoms with Crippen LogP contribution in [0.25, 0.3) is 11.3 Å². The van der Waals surface area contributed by atoms with Crippen LogP contribution in [0.5, 0.6) is 5.75 Å². The van der Waals surface area contributed by atoms with Crippen LogP contribution < -0.4 is 10.1 Å². The van der Waals surface area contributed by atoms with Gasteiger partial charge < -0.3 is 14.5 Å². The third-order valence-electron chi connectivity index (χ3n) is 5.06. The molecule has 1 heterocycles. The zero-order chi connectivity index (χ0) is 22.4. The van der Waals surface area contributed by atoms with E-state index in [2.05, 4.69) is 36.3 Å². The van der Waals surface area contributed by atoms with Crippen LogP contribution >= 0.6 is 0 Å². The van der Waals surface area contributed by atoms with Gasteiger partial charge in [0, 0.05) is 18.4 Å². The van der Waals surface area contributed by atoms with Crippen LogP contribution in [0.1, 0.15) is 50.3 Å². The number of nitrogens with one attached hydrogen (secondary N) is 1. The first-order valence-electron chi connectivity index (χ1n) is 10.5. The van der Waals surface area contributed by atoms with Crippen molar-refractivity contribution in [3.8, 4) is 17.1 Å². The second kappa shape index (κ2) is 10.2. The summed E-state index contributed by atoms with van der Waals surface area (Å²) in [6, 6.07) is 12.6. The van der Waals surface area contributed by atoms with Crippen molar-refractivity contribution in [2.45, 2.75) is 46.1 Å². The molecular weight excluding hydrogens is 395 g/mol. The summed E-state index contributed by atoms with van der Waals surface area (Å²) < 4.78 is 24.6. The van der Waals surface area contributed by atoms with E-state index >= 15 is 0 Å².